The summed E-state index contributed by atoms with van der Waals surface area (Å²) >= 11 is 0. The van der Waals surface area contributed by atoms with Crippen LogP contribution in [0.2, 0.25) is 78.6 Å². The molecule has 0 rings (SSSR count). The van der Waals surface area contributed by atoms with Gasteiger partial charge in [0.05, 0.1) is 0 Å². The zero-order chi connectivity index (χ0) is 26.6. The molecule has 0 aromatic heterocycles. The molecule has 0 heterocycles. The maximum absolute atomic E-state index is 6.73. The van der Waals surface area contributed by atoms with Crippen molar-refractivity contribution < 1.29 is 24.7 Å². The standard InChI is InChI=1S/C20H48O6Si7/c1-17-27(5,6)21-32(15,22-28(7,8)18-2)25-31(13,14)26-33(16,23-29(9,10)19-3)24-30(11,12)20-4/h17-20H,1-4H2,5-16H3. The Morgan fingerprint density at radius 1 is 0.364 bits per heavy atom. The van der Waals surface area contributed by atoms with Gasteiger partial charge in [-0.15, -0.1) is 26.3 Å². The Hall–Kier alpha value is 0.238. The van der Waals surface area contributed by atoms with Crippen LogP contribution >= 0.6 is 0 Å². The molecule has 0 fully saturated rings. The van der Waals surface area contributed by atoms with Crippen LogP contribution in [0.25, 0.3) is 0 Å². The molecule has 6 nitrogen and oxygen atoms in total. The zero-order valence-corrected chi connectivity index (χ0v) is 30.1. The lowest BCUT2D eigenvalue weighted by Crippen LogP contribution is -2.65. The number of hydrogen-bond acceptors (Lipinski definition) is 6. The number of rotatable bonds is 16. The second-order valence-corrected chi connectivity index (χ2v) is 36.6. The SMILES string of the molecule is C=C[Si](C)(C)O[Si](C)(O[Si](C)(C)C=C)O[Si](C)(C)O[Si](C)(O[Si](C)(C)C=C)O[Si](C)(C)C=C. The summed E-state index contributed by atoms with van der Waals surface area (Å²) in [4.78, 5) is 0. The smallest absolute Gasteiger partial charge is 0.413 e. The summed E-state index contributed by atoms with van der Waals surface area (Å²) in [7, 11) is -17.9. The van der Waals surface area contributed by atoms with Crippen molar-refractivity contribution in [2.75, 3.05) is 0 Å². The topological polar surface area (TPSA) is 55.4 Å². The van der Waals surface area contributed by atoms with Crippen LogP contribution in [0.15, 0.2) is 49.1 Å². The molecule has 13 heteroatoms. The first kappa shape index (κ1) is 33.2. The van der Waals surface area contributed by atoms with E-state index in [1.165, 1.54) is 0 Å². The molecule has 0 saturated heterocycles. The zero-order valence-electron chi connectivity index (χ0n) is 23.1. The fourth-order valence-corrected chi connectivity index (χ4v) is 30.7. The quantitative estimate of drug-likeness (QED) is 0.191. The van der Waals surface area contributed by atoms with Crippen molar-refractivity contribution in [1.82, 2.24) is 0 Å². The van der Waals surface area contributed by atoms with Gasteiger partial charge in [0.15, 0.2) is 0 Å². The Kier molecular flexibility index (Phi) is 11.6. The van der Waals surface area contributed by atoms with Gasteiger partial charge in [0.2, 0.25) is 33.3 Å². The molecule has 0 aliphatic rings. The highest BCUT2D eigenvalue weighted by Gasteiger charge is 2.54. The first-order valence-electron chi connectivity index (χ1n) is 11.2. The van der Waals surface area contributed by atoms with E-state index < -0.39 is 59.4 Å². The predicted octanol–water partition coefficient (Wildman–Crippen LogP) is 6.65. The van der Waals surface area contributed by atoms with Gasteiger partial charge < -0.3 is 24.7 Å². The highest BCUT2D eigenvalue weighted by Crippen LogP contribution is 2.31. The average molecular weight is 581 g/mol. The molecule has 0 spiro atoms. The molecule has 0 atom stereocenters. The molecular formula is C20H48O6Si7. The van der Waals surface area contributed by atoms with Crippen molar-refractivity contribution in [3.63, 3.8) is 0 Å². The number of hydrogen-bond donors (Lipinski definition) is 0. The Morgan fingerprint density at radius 3 is 0.697 bits per heavy atom. The van der Waals surface area contributed by atoms with E-state index in [-0.39, 0.29) is 0 Å². The summed E-state index contributed by atoms with van der Waals surface area (Å²) in [6.07, 6.45) is 0. The van der Waals surface area contributed by atoms with Gasteiger partial charge in [0.25, 0.3) is 0 Å². The fraction of sp³-hybridized carbons (Fsp3) is 0.600. The predicted molar refractivity (Wildman–Crippen MR) is 158 cm³/mol. The van der Waals surface area contributed by atoms with Crippen molar-refractivity contribution in [2.24, 2.45) is 0 Å². The second-order valence-electron chi connectivity index (χ2n) is 11.0. The first-order chi connectivity index (χ1) is 14.5. The van der Waals surface area contributed by atoms with Crippen LogP contribution in [0.5, 0.6) is 0 Å². The van der Waals surface area contributed by atoms with Crippen molar-refractivity contribution in [3.8, 4) is 0 Å². The fourth-order valence-electron chi connectivity index (χ4n) is 3.12. The molecular weight excluding hydrogens is 533 g/mol. The molecule has 0 aliphatic carbocycles. The van der Waals surface area contributed by atoms with Crippen LogP contribution in [0.1, 0.15) is 0 Å². The minimum absolute atomic E-state index is 1.89. The van der Waals surface area contributed by atoms with Crippen molar-refractivity contribution in [1.29, 1.82) is 0 Å². The van der Waals surface area contributed by atoms with E-state index in [9.17, 15) is 0 Å². The van der Waals surface area contributed by atoms with E-state index in [0.717, 1.165) is 0 Å². The molecule has 0 aromatic carbocycles. The highest BCUT2D eigenvalue weighted by atomic mass is 28.5. The molecule has 0 unspecified atom stereocenters. The molecule has 0 N–H and O–H groups in total. The van der Waals surface area contributed by atoms with Crippen LogP contribution in [0.4, 0.5) is 0 Å². The van der Waals surface area contributed by atoms with Crippen LogP contribution in [0, 0.1) is 0 Å². The molecule has 0 aliphatic heterocycles. The monoisotopic (exact) mass is 580 g/mol. The Balaban J connectivity index is 6.20. The van der Waals surface area contributed by atoms with E-state index in [0.29, 0.717) is 0 Å². The molecule has 0 aromatic rings. The molecule has 192 valence electrons. The molecule has 0 saturated carbocycles. The lowest BCUT2D eigenvalue weighted by atomic mass is 11.3. The molecule has 0 bridgehead atoms. The van der Waals surface area contributed by atoms with Crippen molar-refractivity contribution in [3.05, 3.63) is 49.1 Å². The summed E-state index contributed by atoms with van der Waals surface area (Å²) in [5.41, 5.74) is 7.57. The van der Waals surface area contributed by atoms with Crippen LogP contribution in [-0.4, -0.2) is 59.4 Å². The Morgan fingerprint density at radius 2 is 0.545 bits per heavy atom. The van der Waals surface area contributed by atoms with E-state index in [4.69, 9.17) is 24.7 Å². The van der Waals surface area contributed by atoms with Crippen LogP contribution in [0.3, 0.4) is 0 Å². The summed E-state index contributed by atoms with van der Waals surface area (Å²) in [5, 5.41) is 0. The maximum Gasteiger partial charge on any atom is 0.468 e. The summed E-state index contributed by atoms with van der Waals surface area (Å²) in [5.74, 6) is 0. The Labute approximate surface area is 211 Å². The van der Waals surface area contributed by atoms with Crippen LogP contribution < -0.4 is 0 Å². The largest absolute Gasteiger partial charge is 0.468 e. The minimum Gasteiger partial charge on any atom is -0.413 e. The summed E-state index contributed by atoms with van der Waals surface area (Å²) in [6, 6.07) is 0. The van der Waals surface area contributed by atoms with Gasteiger partial charge in [-0.25, -0.2) is 0 Å². The van der Waals surface area contributed by atoms with E-state index in [1.54, 1.807) is 0 Å². The Bertz CT molecular complexity index is 620. The van der Waals surface area contributed by atoms with Gasteiger partial charge >= 0.3 is 26.2 Å². The third-order valence-electron chi connectivity index (χ3n) is 4.62. The van der Waals surface area contributed by atoms with E-state index >= 15 is 0 Å². The van der Waals surface area contributed by atoms with Gasteiger partial charge in [0, 0.05) is 13.1 Å². The lowest BCUT2D eigenvalue weighted by Gasteiger charge is -2.45. The normalized spacial score (nSPS) is 14.7. The highest BCUT2D eigenvalue weighted by molar-refractivity contribution is 6.94. The van der Waals surface area contributed by atoms with Crippen LogP contribution in [-0.2, 0) is 24.7 Å². The summed E-state index contributed by atoms with van der Waals surface area (Å²) < 4.78 is 39.8. The van der Waals surface area contributed by atoms with Crippen molar-refractivity contribution in [2.45, 2.75) is 78.6 Å². The van der Waals surface area contributed by atoms with E-state index in [1.807, 2.05) is 49.0 Å². The van der Waals surface area contributed by atoms with Gasteiger partial charge in [-0.3, -0.25) is 0 Å². The minimum atomic E-state index is -3.12. The molecule has 33 heavy (non-hydrogen) atoms. The van der Waals surface area contributed by atoms with Gasteiger partial charge in [0.1, 0.15) is 0 Å². The lowest BCUT2D eigenvalue weighted by molar-refractivity contribution is 0.201. The van der Waals surface area contributed by atoms with Gasteiger partial charge in [-0.1, -0.05) is 22.8 Å². The van der Waals surface area contributed by atoms with Gasteiger partial charge in [-0.05, 0) is 65.5 Å². The van der Waals surface area contributed by atoms with Crippen molar-refractivity contribution >= 4 is 59.4 Å². The maximum atomic E-state index is 6.73. The molecule has 0 radical (unpaired) electrons. The average Bonchev–Trinajstić information content (AvgIpc) is 2.57. The van der Waals surface area contributed by atoms with Gasteiger partial charge in [-0.2, -0.15) is 0 Å². The summed E-state index contributed by atoms with van der Waals surface area (Å²) in [6.45, 7) is 40.4. The van der Waals surface area contributed by atoms with E-state index in [2.05, 4.69) is 78.7 Å². The third kappa shape index (κ3) is 12.7. The molecule has 0 amide bonds. The third-order valence-corrected chi connectivity index (χ3v) is 29.8. The second kappa shape index (κ2) is 11.5. The first-order valence-corrected chi connectivity index (χ1v) is 30.4.